The maximum absolute atomic E-state index is 10.5. The molecule has 0 radical (unpaired) electrons. The van der Waals surface area contributed by atoms with Gasteiger partial charge in [-0.3, -0.25) is 0 Å². The summed E-state index contributed by atoms with van der Waals surface area (Å²) in [5.41, 5.74) is 0. The minimum Gasteiger partial charge on any atom is -0.478 e. The molecule has 0 saturated carbocycles. The number of hydrogen-bond acceptors (Lipinski definition) is 5. The van der Waals surface area contributed by atoms with Crippen LogP contribution in [0.2, 0.25) is 0 Å². The largest absolute Gasteiger partial charge is 0.478 e. The Bertz CT molecular complexity index is 384. The second-order valence-electron chi connectivity index (χ2n) is 3.95. The lowest BCUT2D eigenvalue weighted by Crippen LogP contribution is -2.43. The summed E-state index contributed by atoms with van der Waals surface area (Å²) in [6, 6.07) is 0. The van der Waals surface area contributed by atoms with Gasteiger partial charge in [-0.05, 0) is 12.2 Å². The Kier molecular flexibility index (Phi) is 5.68. The molecular weight excluding hydrogens is 256 g/mol. The lowest BCUT2D eigenvalue weighted by atomic mass is 10.1. The van der Waals surface area contributed by atoms with Crippen molar-refractivity contribution in [3.63, 3.8) is 0 Å². The fourth-order valence-electron chi connectivity index (χ4n) is 1.68. The molecule has 0 aromatic rings. The Morgan fingerprint density at radius 1 is 1.26 bits per heavy atom. The minimum atomic E-state index is -1.33. The minimum absolute atomic E-state index is 0.0637. The molecule has 2 atom stereocenters. The number of rotatable bonds is 6. The van der Waals surface area contributed by atoms with E-state index in [0.29, 0.717) is 6.42 Å². The zero-order chi connectivity index (χ0) is 14.3. The van der Waals surface area contributed by atoms with Crippen LogP contribution in [0.25, 0.3) is 0 Å². The van der Waals surface area contributed by atoms with Crippen LogP contribution in [0.15, 0.2) is 24.3 Å². The van der Waals surface area contributed by atoms with Gasteiger partial charge >= 0.3 is 11.9 Å². The molecule has 0 spiro atoms. The van der Waals surface area contributed by atoms with Gasteiger partial charge in [0.2, 0.25) is 0 Å². The van der Waals surface area contributed by atoms with Gasteiger partial charge in [-0.15, -0.1) is 0 Å². The monoisotopic (exact) mass is 272 g/mol. The van der Waals surface area contributed by atoms with Crippen molar-refractivity contribution in [3.8, 4) is 0 Å². The van der Waals surface area contributed by atoms with E-state index in [1.165, 1.54) is 12.2 Å². The first kappa shape index (κ1) is 15.4. The molecule has 1 heterocycles. The average Bonchev–Trinajstić information content (AvgIpc) is 2.35. The van der Waals surface area contributed by atoms with Gasteiger partial charge in [-0.1, -0.05) is 0 Å². The molecule has 0 bridgehead atoms. The van der Waals surface area contributed by atoms with Crippen molar-refractivity contribution in [2.45, 2.75) is 24.7 Å². The number of carbonyl (C=O) groups is 2. The maximum Gasteiger partial charge on any atom is 0.328 e. The average molecular weight is 272 g/mol. The molecule has 0 amide bonds. The summed E-state index contributed by atoms with van der Waals surface area (Å²) in [4.78, 5) is 21.0. The normalized spacial score (nSPS) is 27.9. The molecule has 1 saturated heterocycles. The van der Waals surface area contributed by atoms with E-state index in [-0.39, 0.29) is 19.6 Å². The molecule has 106 valence electrons. The Hall–Kier alpha value is -1.70. The van der Waals surface area contributed by atoms with E-state index in [1.807, 2.05) is 0 Å². The molecule has 1 fully saturated rings. The molecule has 0 aromatic carbocycles. The zero-order valence-corrected chi connectivity index (χ0v) is 10.2. The van der Waals surface area contributed by atoms with E-state index < -0.39 is 23.8 Å². The van der Waals surface area contributed by atoms with Crippen LogP contribution in [0.1, 0.15) is 12.8 Å². The first-order chi connectivity index (χ1) is 8.97. The molecule has 19 heavy (non-hydrogen) atoms. The van der Waals surface area contributed by atoms with Gasteiger partial charge in [0.15, 0.2) is 5.79 Å². The van der Waals surface area contributed by atoms with Crippen LogP contribution in [0, 0.1) is 0 Å². The van der Waals surface area contributed by atoms with Crippen molar-refractivity contribution in [3.05, 3.63) is 24.3 Å². The van der Waals surface area contributed by atoms with Gasteiger partial charge in [-0.25, -0.2) is 9.59 Å². The lowest BCUT2D eigenvalue weighted by molar-refractivity contribution is -0.260. The van der Waals surface area contributed by atoms with Crippen molar-refractivity contribution < 1.29 is 34.4 Å². The first-order valence-electron chi connectivity index (χ1n) is 5.73. The number of carboxylic acids is 2. The molecule has 0 aromatic heterocycles. The van der Waals surface area contributed by atoms with E-state index in [0.717, 1.165) is 12.2 Å². The lowest BCUT2D eigenvalue weighted by Gasteiger charge is -2.38. The van der Waals surface area contributed by atoms with Crippen molar-refractivity contribution in [2.75, 3.05) is 13.2 Å². The second-order valence-corrected chi connectivity index (χ2v) is 3.95. The number of ether oxygens (including phenoxy) is 2. The van der Waals surface area contributed by atoms with Gasteiger partial charge < -0.3 is 24.8 Å². The molecule has 7 nitrogen and oxygen atoms in total. The number of aliphatic hydroxyl groups is 1. The summed E-state index contributed by atoms with van der Waals surface area (Å²) in [6.07, 6.45) is 4.43. The van der Waals surface area contributed by atoms with Gasteiger partial charge in [0, 0.05) is 31.6 Å². The van der Waals surface area contributed by atoms with Crippen LogP contribution >= 0.6 is 0 Å². The Morgan fingerprint density at radius 2 is 1.95 bits per heavy atom. The molecule has 2 unspecified atom stereocenters. The van der Waals surface area contributed by atoms with Crippen molar-refractivity contribution in [1.29, 1.82) is 0 Å². The SMILES string of the molecule is O=C(O)C=CC1CCOC(C=CC(=O)O)(CCO)O1. The Labute approximate surface area is 109 Å². The van der Waals surface area contributed by atoms with E-state index in [9.17, 15) is 9.59 Å². The van der Waals surface area contributed by atoms with Crippen molar-refractivity contribution in [2.24, 2.45) is 0 Å². The predicted molar refractivity (Wildman–Crippen MR) is 63.4 cm³/mol. The van der Waals surface area contributed by atoms with Crippen LogP contribution in [0.3, 0.4) is 0 Å². The topological polar surface area (TPSA) is 113 Å². The Morgan fingerprint density at radius 3 is 2.53 bits per heavy atom. The summed E-state index contributed by atoms with van der Waals surface area (Å²) in [7, 11) is 0. The number of aliphatic hydroxyl groups excluding tert-OH is 1. The second kappa shape index (κ2) is 7.03. The third kappa shape index (κ3) is 5.21. The summed E-state index contributed by atoms with van der Waals surface area (Å²) in [6.45, 7) is 0.0257. The summed E-state index contributed by atoms with van der Waals surface area (Å²) < 4.78 is 10.9. The predicted octanol–water partition coefficient (Wildman–Crippen LogP) is 0.152. The number of carboxylic acid groups (broad SMARTS) is 2. The summed E-state index contributed by atoms with van der Waals surface area (Å²) in [5.74, 6) is -3.59. The van der Waals surface area contributed by atoms with Crippen LogP contribution in [0.4, 0.5) is 0 Å². The fourth-order valence-corrected chi connectivity index (χ4v) is 1.68. The highest BCUT2D eigenvalue weighted by Crippen LogP contribution is 2.28. The van der Waals surface area contributed by atoms with Crippen LogP contribution in [-0.4, -0.2) is 52.4 Å². The summed E-state index contributed by atoms with van der Waals surface area (Å²) in [5, 5.41) is 26.2. The fraction of sp³-hybridized carbons (Fsp3) is 0.500. The zero-order valence-electron chi connectivity index (χ0n) is 10.2. The van der Waals surface area contributed by atoms with Crippen LogP contribution < -0.4 is 0 Å². The molecule has 1 aliphatic rings. The van der Waals surface area contributed by atoms with Gasteiger partial charge in [-0.2, -0.15) is 0 Å². The molecule has 7 heteroatoms. The maximum atomic E-state index is 10.5. The van der Waals surface area contributed by atoms with E-state index >= 15 is 0 Å². The molecule has 0 aliphatic carbocycles. The van der Waals surface area contributed by atoms with E-state index in [2.05, 4.69) is 0 Å². The van der Waals surface area contributed by atoms with Crippen molar-refractivity contribution in [1.82, 2.24) is 0 Å². The highest BCUT2D eigenvalue weighted by molar-refractivity contribution is 5.80. The third-order valence-corrected chi connectivity index (χ3v) is 2.49. The first-order valence-corrected chi connectivity index (χ1v) is 5.73. The highest BCUT2D eigenvalue weighted by Gasteiger charge is 2.35. The van der Waals surface area contributed by atoms with Gasteiger partial charge in [0.25, 0.3) is 0 Å². The summed E-state index contributed by atoms with van der Waals surface area (Å²) >= 11 is 0. The number of aliphatic carboxylic acids is 2. The molecule has 1 aliphatic heterocycles. The van der Waals surface area contributed by atoms with E-state index in [4.69, 9.17) is 24.8 Å². The van der Waals surface area contributed by atoms with Crippen LogP contribution in [0.5, 0.6) is 0 Å². The third-order valence-electron chi connectivity index (χ3n) is 2.49. The van der Waals surface area contributed by atoms with Crippen LogP contribution in [-0.2, 0) is 19.1 Å². The van der Waals surface area contributed by atoms with Crippen molar-refractivity contribution >= 4 is 11.9 Å². The number of hydrogen-bond donors (Lipinski definition) is 3. The van der Waals surface area contributed by atoms with Gasteiger partial charge in [0.1, 0.15) is 0 Å². The highest BCUT2D eigenvalue weighted by atomic mass is 16.7. The molecule has 3 N–H and O–H groups in total. The smallest absolute Gasteiger partial charge is 0.328 e. The molecular formula is C12H16O7. The quantitative estimate of drug-likeness (QED) is 0.590. The standard InChI is InChI=1S/C12H16O7/c13-7-6-12(5-3-11(16)17)18-8-4-9(19-12)1-2-10(14)15/h1-3,5,9,13H,4,6-8H2,(H,14,15)(H,16,17). The van der Waals surface area contributed by atoms with E-state index in [1.54, 1.807) is 0 Å². The van der Waals surface area contributed by atoms with Gasteiger partial charge in [0.05, 0.1) is 12.7 Å². The molecule has 1 rings (SSSR count). The Balaban J connectivity index is 2.80.